The van der Waals surface area contributed by atoms with Crippen LogP contribution in [0.25, 0.3) is 22.8 Å². The van der Waals surface area contributed by atoms with E-state index in [1.165, 1.54) is 20.0 Å². The fourth-order valence-corrected chi connectivity index (χ4v) is 5.97. The maximum absolute atomic E-state index is 11.7. The Bertz CT molecular complexity index is 1530. The molecule has 1 aliphatic carbocycles. The first-order valence-corrected chi connectivity index (χ1v) is 14.9. The maximum Gasteiger partial charge on any atom is 0.411 e. The molecule has 224 valence electrons. The second-order valence-electron chi connectivity index (χ2n) is 11.1. The molecule has 3 atom stereocenters. The Hall–Kier alpha value is -4.58. The molecule has 1 aliphatic heterocycles. The van der Waals surface area contributed by atoms with Gasteiger partial charge in [-0.15, -0.1) is 0 Å². The third kappa shape index (κ3) is 7.08. The number of ether oxygens (including phenoxy) is 1. The number of aryl methyl sites for hydroxylation is 1. The van der Waals surface area contributed by atoms with Crippen LogP contribution in [0.3, 0.4) is 0 Å². The Balaban J connectivity index is 1.09. The van der Waals surface area contributed by atoms with E-state index in [4.69, 9.17) is 9.26 Å². The highest BCUT2D eigenvalue weighted by Gasteiger charge is 2.30. The van der Waals surface area contributed by atoms with Gasteiger partial charge in [-0.3, -0.25) is 5.32 Å². The van der Waals surface area contributed by atoms with E-state index >= 15 is 0 Å². The molecule has 1 aromatic carbocycles. The van der Waals surface area contributed by atoms with Gasteiger partial charge in [-0.25, -0.2) is 19.7 Å². The third-order valence-corrected chi connectivity index (χ3v) is 8.09. The predicted octanol–water partition coefficient (Wildman–Crippen LogP) is 5.06. The minimum atomic E-state index is -0.493. The molecular formula is C31H37N9O3. The standard InChI is InChI=1S/C31H37N9O3/c1-20-35-30(39-43-20)29-33-17-25(18-34-29)40-14-6-9-24(19-40)36-26-10-3-4-11-27(26)38-28-16-22(12-13-32-28)21-7-5-8-23(15-21)37-31(41)42-2/h5,7-8,12-13,15-18,24,26-27,36H,3-4,6,9-11,14,19H2,1-2H3,(H,32,38)(H,37,41)/t24-,26+,27+/m0/s1. The molecule has 0 unspecified atom stereocenters. The first kappa shape index (κ1) is 28.5. The maximum atomic E-state index is 11.7. The van der Waals surface area contributed by atoms with Gasteiger partial charge in [0.1, 0.15) is 5.82 Å². The summed E-state index contributed by atoms with van der Waals surface area (Å²) >= 11 is 0. The van der Waals surface area contributed by atoms with Crippen molar-refractivity contribution in [1.82, 2.24) is 30.4 Å². The highest BCUT2D eigenvalue weighted by Crippen LogP contribution is 2.28. The summed E-state index contributed by atoms with van der Waals surface area (Å²) in [4.78, 5) is 31.8. The summed E-state index contributed by atoms with van der Waals surface area (Å²) in [6.07, 6.45) is 11.9. The molecule has 3 N–H and O–H groups in total. The zero-order valence-corrected chi connectivity index (χ0v) is 24.5. The number of amides is 1. The number of piperidine rings is 1. The van der Waals surface area contributed by atoms with Gasteiger partial charge in [0.25, 0.3) is 0 Å². The molecular weight excluding hydrogens is 546 g/mol. The van der Waals surface area contributed by atoms with Crippen molar-refractivity contribution < 1.29 is 14.1 Å². The van der Waals surface area contributed by atoms with Crippen LogP contribution in [0.15, 0.2) is 59.5 Å². The van der Waals surface area contributed by atoms with Crippen molar-refractivity contribution in [2.45, 2.75) is 63.6 Å². The van der Waals surface area contributed by atoms with Gasteiger partial charge in [0.2, 0.25) is 17.5 Å². The van der Waals surface area contributed by atoms with Crippen molar-refractivity contribution in [3.8, 4) is 22.8 Å². The fourth-order valence-electron chi connectivity index (χ4n) is 5.97. The van der Waals surface area contributed by atoms with Crippen LogP contribution in [0.1, 0.15) is 44.4 Å². The molecule has 0 radical (unpaired) electrons. The number of methoxy groups -OCH3 is 1. The molecule has 0 spiro atoms. The van der Waals surface area contributed by atoms with E-state index in [0.717, 1.165) is 61.4 Å². The number of anilines is 3. The highest BCUT2D eigenvalue weighted by molar-refractivity contribution is 5.86. The summed E-state index contributed by atoms with van der Waals surface area (Å²) < 4.78 is 9.78. The summed E-state index contributed by atoms with van der Waals surface area (Å²) in [5.74, 6) is 2.21. The Morgan fingerprint density at radius 1 is 0.977 bits per heavy atom. The molecule has 6 rings (SSSR count). The summed E-state index contributed by atoms with van der Waals surface area (Å²) in [5.41, 5.74) is 3.69. The first-order chi connectivity index (χ1) is 21.0. The van der Waals surface area contributed by atoms with Gasteiger partial charge in [0, 0.05) is 50.0 Å². The van der Waals surface area contributed by atoms with Crippen molar-refractivity contribution in [3.05, 3.63) is 60.9 Å². The van der Waals surface area contributed by atoms with Crippen molar-refractivity contribution >= 4 is 23.3 Å². The van der Waals surface area contributed by atoms with E-state index in [2.05, 4.69) is 52.0 Å². The normalized spacial score (nSPS) is 20.4. The zero-order valence-electron chi connectivity index (χ0n) is 24.5. The van der Waals surface area contributed by atoms with Crippen LogP contribution in [0, 0.1) is 6.92 Å². The minimum Gasteiger partial charge on any atom is -0.453 e. The highest BCUT2D eigenvalue weighted by atomic mass is 16.5. The summed E-state index contributed by atoms with van der Waals surface area (Å²) in [5, 5.41) is 14.4. The number of rotatable bonds is 8. The fraction of sp³-hybridized carbons (Fsp3) is 0.419. The van der Waals surface area contributed by atoms with Crippen LogP contribution in [0.5, 0.6) is 0 Å². The number of benzene rings is 1. The molecule has 2 aliphatic rings. The molecule has 2 fully saturated rings. The van der Waals surface area contributed by atoms with Crippen LogP contribution < -0.4 is 20.9 Å². The van der Waals surface area contributed by atoms with E-state index < -0.39 is 6.09 Å². The zero-order chi connectivity index (χ0) is 29.6. The van der Waals surface area contributed by atoms with Gasteiger partial charge >= 0.3 is 6.09 Å². The quantitative estimate of drug-likeness (QED) is 0.256. The lowest BCUT2D eigenvalue weighted by Crippen LogP contribution is -2.55. The second kappa shape index (κ2) is 13.2. The molecule has 0 bridgehead atoms. The van der Waals surface area contributed by atoms with E-state index in [-0.39, 0.29) is 6.04 Å². The molecule has 12 heteroatoms. The van der Waals surface area contributed by atoms with E-state index in [1.807, 2.05) is 48.9 Å². The van der Waals surface area contributed by atoms with E-state index in [9.17, 15) is 4.79 Å². The number of hydrogen-bond acceptors (Lipinski definition) is 11. The second-order valence-corrected chi connectivity index (χ2v) is 11.1. The number of aromatic nitrogens is 5. The number of nitrogens with one attached hydrogen (secondary N) is 3. The van der Waals surface area contributed by atoms with Crippen LogP contribution >= 0.6 is 0 Å². The average Bonchev–Trinajstić information content (AvgIpc) is 3.48. The molecule has 43 heavy (non-hydrogen) atoms. The molecule has 1 saturated heterocycles. The summed E-state index contributed by atoms with van der Waals surface area (Å²) in [6, 6.07) is 12.7. The molecule has 1 amide bonds. The van der Waals surface area contributed by atoms with Crippen molar-refractivity contribution in [2.75, 3.05) is 35.7 Å². The summed E-state index contributed by atoms with van der Waals surface area (Å²) in [6.45, 7) is 3.62. The minimum absolute atomic E-state index is 0.278. The third-order valence-electron chi connectivity index (χ3n) is 8.09. The van der Waals surface area contributed by atoms with Crippen LogP contribution in [-0.2, 0) is 4.74 Å². The van der Waals surface area contributed by atoms with Crippen molar-refractivity contribution in [3.63, 3.8) is 0 Å². The SMILES string of the molecule is COC(=O)Nc1cccc(-c2ccnc(N[C@@H]3CCCC[C@H]3N[C@H]3CCCN(c4cnc(-c5noc(C)n5)nc4)C3)c2)c1. The topological polar surface area (TPSA) is 143 Å². The van der Waals surface area contributed by atoms with Gasteiger partial charge < -0.3 is 24.8 Å². The van der Waals surface area contributed by atoms with Crippen LogP contribution in [-0.4, -0.2) is 69.5 Å². The molecule has 4 aromatic rings. The Morgan fingerprint density at radius 2 is 1.79 bits per heavy atom. The molecule has 1 saturated carbocycles. The number of nitrogens with zero attached hydrogens (tertiary/aromatic N) is 6. The van der Waals surface area contributed by atoms with Crippen molar-refractivity contribution in [2.24, 2.45) is 0 Å². The van der Waals surface area contributed by atoms with Gasteiger partial charge in [0.05, 0.1) is 25.2 Å². The average molecular weight is 584 g/mol. The van der Waals surface area contributed by atoms with Gasteiger partial charge in [0.15, 0.2) is 0 Å². The lowest BCUT2D eigenvalue weighted by Gasteiger charge is -2.40. The van der Waals surface area contributed by atoms with Gasteiger partial charge in [-0.05, 0) is 61.1 Å². The lowest BCUT2D eigenvalue weighted by molar-refractivity contribution is 0.187. The van der Waals surface area contributed by atoms with E-state index in [1.54, 1.807) is 6.92 Å². The molecule has 4 heterocycles. The number of carbonyl (C=O) groups is 1. The van der Waals surface area contributed by atoms with Crippen LogP contribution in [0.4, 0.5) is 22.0 Å². The monoisotopic (exact) mass is 583 g/mol. The van der Waals surface area contributed by atoms with Crippen LogP contribution in [0.2, 0.25) is 0 Å². The Kier molecular flexibility index (Phi) is 8.73. The Morgan fingerprint density at radius 3 is 2.58 bits per heavy atom. The molecule has 12 nitrogen and oxygen atoms in total. The largest absolute Gasteiger partial charge is 0.453 e. The Labute approximate surface area is 250 Å². The molecule has 3 aromatic heterocycles. The smallest absolute Gasteiger partial charge is 0.411 e. The predicted molar refractivity (Wildman–Crippen MR) is 164 cm³/mol. The number of pyridine rings is 1. The first-order valence-electron chi connectivity index (χ1n) is 14.9. The van der Waals surface area contributed by atoms with Gasteiger partial charge in [-0.2, -0.15) is 4.98 Å². The van der Waals surface area contributed by atoms with Gasteiger partial charge in [-0.1, -0.05) is 30.1 Å². The lowest BCUT2D eigenvalue weighted by atomic mass is 9.89. The number of hydrogen-bond donors (Lipinski definition) is 3. The van der Waals surface area contributed by atoms with Crippen molar-refractivity contribution in [1.29, 1.82) is 0 Å². The van der Waals surface area contributed by atoms with E-state index in [0.29, 0.717) is 35.3 Å². The summed E-state index contributed by atoms with van der Waals surface area (Å²) in [7, 11) is 1.35. The number of carbonyl (C=O) groups excluding carboxylic acids is 1.